The summed E-state index contributed by atoms with van der Waals surface area (Å²) in [6, 6.07) is 1.60. The maximum Gasteiger partial charge on any atom is 0.244 e. The molecule has 0 saturated heterocycles. The minimum Gasteiger partial charge on any atom is -0.372 e. The van der Waals surface area contributed by atoms with E-state index in [-0.39, 0.29) is 10.9 Å². The Labute approximate surface area is 128 Å². The summed E-state index contributed by atoms with van der Waals surface area (Å²) in [6.45, 7) is 2.21. The first-order valence-corrected chi connectivity index (χ1v) is 9.05. The van der Waals surface area contributed by atoms with Crippen LogP contribution in [-0.4, -0.2) is 26.5 Å². The smallest absolute Gasteiger partial charge is 0.244 e. The van der Waals surface area contributed by atoms with E-state index in [0.29, 0.717) is 16.2 Å². The van der Waals surface area contributed by atoms with Crippen molar-refractivity contribution < 1.29 is 8.42 Å². The predicted octanol–water partition coefficient (Wildman–Crippen LogP) is 2.74. The number of sulfonamides is 1. The highest BCUT2D eigenvalue weighted by Gasteiger charge is 2.26. The zero-order valence-corrected chi connectivity index (χ0v) is 14.1. The normalized spacial score (nSPS) is 23.6. The summed E-state index contributed by atoms with van der Waals surface area (Å²) >= 11 is 3.27. The molecule has 2 rings (SSSR count). The molecule has 0 radical (unpaired) electrons. The summed E-state index contributed by atoms with van der Waals surface area (Å²) in [4.78, 5) is 4.28. The predicted molar refractivity (Wildman–Crippen MR) is 83.2 cm³/mol. The standard InChI is InChI=1S/C13H20BrN3O2S/c1-9-3-5-11(6-4-9)17-20(18,19)12-7-10(14)8-16-13(12)15-2/h7-9,11,17H,3-6H2,1-2H3,(H,15,16). The number of rotatable bonds is 4. The molecule has 0 unspecified atom stereocenters. The number of nitrogens with one attached hydrogen (secondary N) is 2. The Hall–Kier alpha value is -0.660. The van der Waals surface area contributed by atoms with E-state index in [1.807, 2.05) is 0 Å². The summed E-state index contributed by atoms with van der Waals surface area (Å²) < 4.78 is 28.5. The Morgan fingerprint density at radius 2 is 1.95 bits per heavy atom. The minimum atomic E-state index is -3.55. The van der Waals surface area contributed by atoms with E-state index < -0.39 is 10.0 Å². The molecule has 0 aliphatic heterocycles. The van der Waals surface area contributed by atoms with Crippen LogP contribution in [0.2, 0.25) is 0 Å². The Morgan fingerprint density at radius 1 is 1.30 bits per heavy atom. The summed E-state index contributed by atoms with van der Waals surface area (Å²) in [5.41, 5.74) is 0. The van der Waals surface area contributed by atoms with Crippen LogP contribution in [-0.2, 0) is 10.0 Å². The van der Waals surface area contributed by atoms with Crippen LogP contribution in [0.4, 0.5) is 5.82 Å². The van der Waals surface area contributed by atoms with Crippen molar-refractivity contribution in [1.82, 2.24) is 9.71 Å². The molecule has 1 aliphatic rings. The maximum atomic E-state index is 12.5. The number of hydrogen-bond acceptors (Lipinski definition) is 4. The van der Waals surface area contributed by atoms with Crippen LogP contribution >= 0.6 is 15.9 Å². The van der Waals surface area contributed by atoms with Crippen LogP contribution < -0.4 is 10.0 Å². The highest BCUT2D eigenvalue weighted by atomic mass is 79.9. The number of aromatic nitrogens is 1. The lowest BCUT2D eigenvalue weighted by Gasteiger charge is -2.26. The van der Waals surface area contributed by atoms with Crippen molar-refractivity contribution in [3.63, 3.8) is 0 Å². The first kappa shape index (κ1) is 15.7. The third kappa shape index (κ3) is 3.71. The second-order valence-electron chi connectivity index (χ2n) is 5.33. The summed E-state index contributed by atoms with van der Waals surface area (Å²) in [5.74, 6) is 1.06. The van der Waals surface area contributed by atoms with Crippen molar-refractivity contribution in [2.75, 3.05) is 12.4 Å². The van der Waals surface area contributed by atoms with Crippen molar-refractivity contribution in [3.05, 3.63) is 16.7 Å². The van der Waals surface area contributed by atoms with Crippen LogP contribution in [0.3, 0.4) is 0 Å². The van der Waals surface area contributed by atoms with E-state index in [2.05, 4.69) is 37.9 Å². The van der Waals surface area contributed by atoms with E-state index >= 15 is 0 Å². The van der Waals surface area contributed by atoms with Crippen LogP contribution in [0, 0.1) is 5.92 Å². The Bertz CT molecular complexity index is 569. The molecule has 7 heteroatoms. The molecule has 1 saturated carbocycles. The van der Waals surface area contributed by atoms with Gasteiger partial charge in [0.05, 0.1) is 0 Å². The van der Waals surface area contributed by atoms with Crippen molar-refractivity contribution in [2.24, 2.45) is 5.92 Å². The van der Waals surface area contributed by atoms with E-state index in [0.717, 1.165) is 25.7 Å². The molecule has 0 spiro atoms. The molecule has 0 bridgehead atoms. The summed E-state index contributed by atoms with van der Waals surface area (Å²) in [5, 5.41) is 2.82. The van der Waals surface area contributed by atoms with Gasteiger partial charge in [-0.1, -0.05) is 6.92 Å². The second kappa shape index (κ2) is 6.41. The highest BCUT2D eigenvalue weighted by Crippen LogP contribution is 2.27. The lowest BCUT2D eigenvalue weighted by Crippen LogP contribution is -2.37. The van der Waals surface area contributed by atoms with Gasteiger partial charge in [0.1, 0.15) is 10.7 Å². The summed E-state index contributed by atoms with van der Waals surface area (Å²) in [6.07, 6.45) is 5.52. The van der Waals surface area contributed by atoms with Crippen molar-refractivity contribution in [1.29, 1.82) is 0 Å². The van der Waals surface area contributed by atoms with Crippen LogP contribution in [0.25, 0.3) is 0 Å². The van der Waals surface area contributed by atoms with Gasteiger partial charge in [0.25, 0.3) is 0 Å². The molecule has 2 N–H and O–H groups in total. The molecule has 0 amide bonds. The Kier molecular flexibility index (Phi) is 5.04. The zero-order valence-electron chi connectivity index (χ0n) is 11.7. The molecular formula is C13H20BrN3O2S. The third-order valence-corrected chi connectivity index (χ3v) is 5.65. The van der Waals surface area contributed by atoms with Crippen LogP contribution in [0.5, 0.6) is 0 Å². The zero-order chi connectivity index (χ0) is 14.8. The first-order valence-electron chi connectivity index (χ1n) is 6.78. The fourth-order valence-electron chi connectivity index (χ4n) is 2.47. The Morgan fingerprint density at radius 3 is 2.55 bits per heavy atom. The van der Waals surface area contributed by atoms with Crippen molar-refractivity contribution in [3.8, 4) is 0 Å². The molecule has 1 aromatic heterocycles. The fourth-order valence-corrected chi connectivity index (χ4v) is 4.45. The average Bonchev–Trinajstić information content (AvgIpc) is 2.41. The topological polar surface area (TPSA) is 71.1 Å². The second-order valence-corrected chi connectivity index (χ2v) is 7.93. The maximum absolute atomic E-state index is 12.5. The number of hydrogen-bond donors (Lipinski definition) is 2. The summed E-state index contributed by atoms with van der Waals surface area (Å²) in [7, 11) is -1.88. The highest BCUT2D eigenvalue weighted by molar-refractivity contribution is 9.10. The molecular weight excluding hydrogens is 342 g/mol. The van der Waals surface area contributed by atoms with E-state index in [1.165, 1.54) is 0 Å². The average molecular weight is 362 g/mol. The number of pyridine rings is 1. The van der Waals surface area contributed by atoms with E-state index in [4.69, 9.17) is 0 Å². The van der Waals surface area contributed by atoms with E-state index in [1.54, 1.807) is 19.3 Å². The monoisotopic (exact) mass is 361 g/mol. The molecule has 1 heterocycles. The van der Waals surface area contributed by atoms with Gasteiger partial charge in [0.2, 0.25) is 10.0 Å². The fraction of sp³-hybridized carbons (Fsp3) is 0.615. The van der Waals surface area contributed by atoms with E-state index in [9.17, 15) is 8.42 Å². The number of nitrogens with zero attached hydrogens (tertiary/aromatic N) is 1. The Balaban J connectivity index is 2.20. The molecule has 1 fully saturated rings. The largest absolute Gasteiger partial charge is 0.372 e. The van der Waals surface area contributed by atoms with Crippen LogP contribution in [0.15, 0.2) is 21.6 Å². The van der Waals surface area contributed by atoms with Gasteiger partial charge in [0.15, 0.2) is 0 Å². The van der Waals surface area contributed by atoms with Gasteiger partial charge >= 0.3 is 0 Å². The quantitative estimate of drug-likeness (QED) is 0.864. The lowest BCUT2D eigenvalue weighted by molar-refractivity contribution is 0.332. The molecule has 112 valence electrons. The molecule has 0 aromatic carbocycles. The van der Waals surface area contributed by atoms with Crippen LogP contribution in [0.1, 0.15) is 32.6 Å². The molecule has 20 heavy (non-hydrogen) atoms. The number of anilines is 1. The molecule has 0 atom stereocenters. The first-order chi connectivity index (χ1) is 9.42. The number of halogens is 1. The molecule has 5 nitrogen and oxygen atoms in total. The van der Waals surface area contributed by atoms with Gasteiger partial charge in [-0.05, 0) is 53.6 Å². The van der Waals surface area contributed by atoms with Crippen molar-refractivity contribution >= 4 is 31.8 Å². The third-order valence-electron chi connectivity index (χ3n) is 3.68. The lowest BCUT2D eigenvalue weighted by atomic mass is 9.88. The van der Waals surface area contributed by atoms with Gasteiger partial charge < -0.3 is 5.32 Å². The molecule has 1 aliphatic carbocycles. The minimum absolute atomic E-state index is 0.0277. The van der Waals surface area contributed by atoms with Gasteiger partial charge in [-0.3, -0.25) is 0 Å². The SMILES string of the molecule is CNc1ncc(Br)cc1S(=O)(=O)NC1CCC(C)CC1. The molecule has 1 aromatic rings. The van der Waals surface area contributed by atoms with Gasteiger partial charge in [-0.2, -0.15) is 0 Å². The van der Waals surface area contributed by atoms with Gasteiger partial charge in [-0.25, -0.2) is 18.1 Å². The van der Waals surface area contributed by atoms with Crippen molar-refractivity contribution in [2.45, 2.75) is 43.5 Å². The van der Waals surface area contributed by atoms with Gasteiger partial charge in [-0.15, -0.1) is 0 Å². The van der Waals surface area contributed by atoms with Gasteiger partial charge in [0, 0.05) is 23.8 Å².